The number of amides is 1. The molecule has 1 amide bonds. The Morgan fingerprint density at radius 3 is 2.72 bits per heavy atom. The minimum atomic E-state index is -0.246. The molecule has 3 aromatic rings. The maximum Gasteiger partial charge on any atom is 0.270 e. The van der Waals surface area contributed by atoms with Crippen LogP contribution >= 0.6 is 0 Å². The first kappa shape index (κ1) is 16.6. The summed E-state index contributed by atoms with van der Waals surface area (Å²) < 4.78 is 10.3. The average molecular weight is 337 g/mol. The Hall–Kier alpha value is -3.28. The zero-order valence-corrected chi connectivity index (χ0v) is 13.9. The van der Waals surface area contributed by atoms with Gasteiger partial charge in [0.15, 0.2) is 0 Å². The Morgan fingerprint density at radius 2 is 2.00 bits per heavy atom. The zero-order chi connectivity index (χ0) is 17.5. The van der Waals surface area contributed by atoms with E-state index in [1.807, 2.05) is 30.3 Å². The first-order chi connectivity index (χ1) is 12.2. The number of nitrogens with zero attached hydrogens (tertiary/aromatic N) is 1. The molecule has 6 nitrogen and oxygen atoms in total. The maximum atomic E-state index is 12.2. The summed E-state index contributed by atoms with van der Waals surface area (Å²) in [5.74, 6) is 1.27. The van der Waals surface area contributed by atoms with E-state index in [4.69, 9.17) is 9.15 Å². The summed E-state index contributed by atoms with van der Waals surface area (Å²) in [6.07, 6.45) is 3.18. The van der Waals surface area contributed by atoms with E-state index in [1.54, 1.807) is 37.8 Å². The number of furan rings is 1. The van der Waals surface area contributed by atoms with Gasteiger partial charge in [0, 0.05) is 18.4 Å². The number of benzene rings is 1. The van der Waals surface area contributed by atoms with Crippen LogP contribution in [0.25, 0.3) is 0 Å². The predicted molar refractivity (Wildman–Crippen MR) is 94.4 cm³/mol. The molecule has 128 valence electrons. The lowest BCUT2D eigenvalue weighted by molar-refractivity contribution is 0.0943. The van der Waals surface area contributed by atoms with Gasteiger partial charge in [0.2, 0.25) is 0 Å². The van der Waals surface area contributed by atoms with Gasteiger partial charge in [0.25, 0.3) is 5.91 Å². The van der Waals surface area contributed by atoms with Crippen LogP contribution in [0.15, 0.2) is 65.4 Å². The van der Waals surface area contributed by atoms with Crippen molar-refractivity contribution >= 4 is 11.6 Å². The fourth-order valence-electron chi connectivity index (χ4n) is 2.28. The van der Waals surface area contributed by atoms with Crippen LogP contribution in [0.3, 0.4) is 0 Å². The van der Waals surface area contributed by atoms with E-state index in [1.165, 1.54) is 0 Å². The summed E-state index contributed by atoms with van der Waals surface area (Å²) in [6.45, 7) is 0.971. The number of hydrogen-bond donors (Lipinski definition) is 2. The van der Waals surface area contributed by atoms with Crippen LogP contribution in [0, 0.1) is 0 Å². The highest BCUT2D eigenvalue weighted by Gasteiger charge is 2.08. The Kier molecular flexibility index (Phi) is 5.31. The second kappa shape index (κ2) is 8.01. The molecule has 2 N–H and O–H groups in total. The van der Waals surface area contributed by atoms with Crippen LogP contribution in [-0.4, -0.2) is 18.0 Å². The molecule has 0 atom stereocenters. The van der Waals surface area contributed by atoms with E-state index < -0.39 is 0 Å². The fourth-order valence-corrected chi connectivity index (χ4v) is 2.28. The van der Waals surface area contributed by atoms with Crippen LogP contribution in [0.5, 0.6) is 5.75 Å². The lowest BCUT2D eigenvalue weighted by Gasteiger charge is -2.09. The standard InChI is InChI=1S/C19H19N3O3/c1-24-16-6-4-14(5-7-16)12-21-15-8-9-20-18(11-15)19(23)22-13-17-3-2-10-25-17/h2-11H,12-13H2,1H3,(H,20,21)(H,22,23). The van der Waals surface area contributed by atoms with Crippen LogP contribution in [-0.2, 0) is 13.1 Å². The molecule has 0 bridgehead atoms. The molecule has 0 saturated heterocycles. The molecule has 1 aromatic carbocycles. The Morgan fingerprint density at radius 1 is 1.16 bits per heavy atom. The number of nitrogens with one attached hydrogen (secondary N) is 2. The van der Waals surface area contributed by atoms with Gasteiger partial charge in [-0.3, -0.25) is 9.78 Å². The molecule has 3 rings (SSSR count). The van der Waals surface area contributed by atoms with Gasteiger partial charge in [-0.1, -0.05) is 12.1 Å². The van der Waals surface area contributed by atoms with Gasteiger partial charge in [-0.15, -0.1) is 0 Å². The number of rotatable bonds is 7. The molecule has 0 saturated carbocycles. The predicted octanol–water partition coefficient (Wildman–Crippen LogP) is 3.23. The van der Waals surface area contributed by atoms with Gasteiger partial charge in [-0.25, -0.2) is 0 Å². The molecule has 2 aromatic heterocycles. The summed E-state index contributed by atoms with van der Waals surface area (Å²) in [4.78, 5) is 16.3. The normalized spacial score (nSPS) is 10.3. The van der Waals surface area contributed by atoms with Crippen molar-refractivity contribution in [2.45, 2.75) is 13.1 Å². The molecule has 25 heavy (non-hydrogen) atoms. The van der Waals surface area contributed by atoms with E-state index in [2.05, 4.69) is 15.6 Å². The first-order valence-corrected chi connectivity index (χ1v) is 7.88. The maximum absolute atomic E-state index is 12.2. The van der Waals surface area contributed by atoms with Gasteiger partial charge in [0.1, 0.15) is 17.2 Å². The molecule has 2 heterocycles. The first-order valence-electron chi connectivity index (χ1n) is 7.88. The van der Waals surface area contributed by atoms with Crippen molar-refractivity contribution in [2.75, 3.05) is 12.4 Å². The van der Waals surface area contributed by atoms with E-state index >= 15 is 0 Å². The van der Waals surface area contributed by atoms with Gasteiger partial charge in [0.05, 0.1) is 19.9 Å². The molecular formula is C19H19N3O3. The average Bonchev–Trinajstić information content (AvgIpc) is 3.19. The van der Waals surface area contributed by atoms with Crippen LogP contribution in [0.4, 0.5) is 5.69 Å². The molecule has 0 radical (unpaired) electrons. The number of carbonyl (C=O) groups is 1. The molecule has 0 spiro atoms. The number of anilines is 1. The van der Waals surface area contributed by atoms with Crippen molar-refractivity contribution in [3.05, 3.63) is 78.0 Å². The van der Waals surface area contributed by atoms with Crippen LogP contribution in [0.1, 0.15) is 21.8 Å². The van der Waals surface area contributed by atoms with Crippen molar-refractivity contribution in [2.24, 2.45) is 0 Å². The molecule has 0 fully saturated rings. The Bertz CT molecular complexity index is 814. The number of ether oxygens (including phenoxy) is 1. The summed E-state index contributed by atoms with van der Waals surface area (Å²) in [5.41, 5.74) is 2.29. The second-order valence-electron chi connectivity index (χ2n) is 5.39. The van der Waals surface area contributed by atoms with E-state index in [9.17, 15) is 4.79 Å². The minimum Gasteiger partial charge on any atom is -0.497 e. The summed E-state index contributed by atoms with van der Waals surface area (Å²) in [7, 11) is 1.64. The molecule has 0 aliphatic carbocycles. The van der Waals surface area contributed by atoms with E-state index in [0.29, 0.717) is 24.5 Å². The molecule has 0 aliphatic heterocycles. The van der Waals surface area contributed by atoms with Crippen LogP contribution < -0.4 is 15.4 Å². The number of carbonyl (C=O) groups excluding carboxylic acids is 1. The Balaban J connectivity index is 1.57. The second-order valence-corrected chi connectivity index (χ2v) is 5.39. The molecule has 6 heteroatoms. The molecule has 0 aliphatic rings. The number of pyridine rings is 1. The highest BCUT2D eigenvalue weighted by atomic mass is 16.5. The van der Waals surface area contributed by atoms with Gasteiger partial charge in [-0.2, -0.15) is 0 Å². The van der Waals surface area contributed by atoms with Gasteiger partial charge >= 0.3 is 0 Å². The molecule has 0 unspecified atom stereocenters. The highest BCUT2D eigenvalue weighted by molar-refractivity contribution is 5.93. The van der Waals surface area contributed by atoms with Crippen LogP contribution in [0.2, 0.25) is 0 Å². The lowest BCUT2D eigenvalue weighted by Crippen LogP contribution is -2.23. The quantitative estimate of drug-likeness (QED) is 0.692. The smallest absolute Gasteiger partial charge is 0.270 e. The van der Waals surface area contributed by atoms with Gasteiger partial charge < -0.3 is 19.8 Å². The third kappa shape index (κ3) is 4.60. The van der Waals surface area contributed by atoms with Gasteiger partial charge in [-0.05, 0) is 42.0 Å². The molecular weight excluding hydrogens is 318 g/mol. The van der Waals surface area contributed by atoms with Crippen molar-refractivity contribution < 1.29 is 13.9 Å². The monoisotopic (exact) mass is 337 g/mol. The Labute approximate surface area is 145 Å². The third-order valence-corrected chi connectivity index (χ3v) is 3.65. The van der Waals surface area contributed by atoms with E-state index in [0.717, 1.165) is 17.0 Å². The minimum absolute atomic E-state index is 0.246. The lowest BCUT2D eigenvalue weighted by atomic mass is 10.2. The zero-order valence-electron chi connectivity index (χ0n) is 13.9. The van der Waals surface area contributed by atoms with Crippen molar-refractivity contribution in [1.82, 2.24) is 10.3 Å². The number of methoxy groups -OCH3 is 1. The summed E-state index contributed by atoms with van der Waals surface area (Å²) >= 11 is 0. The van der Waals surface area contributed by atoms with Crippen molar-refractivity contribution in [3.63, 3.8) is 0 Å². The van der Waals surface area contributed by atoms with Crippen molar-refractivity contribution in [3.8, 4) is 5.75 Å². The van der Waals surface area contributed by atoms with E-state index in [-0.39, 0.29) is 5.91 Å². The third-order valence-electron chi connectivity index (χ3n) is 3.65. The topological polar surface area (TPSA) is 76.4 Å². The largest absolute Gasteiger partial charge is 0.497 e. The number of aromatic nitrogens is 1. The number of hydrogen-bond acceptors (Lipinski definition) is 5. The SMILES string of the molecule is COc1ccc(CNc2ccnc(C(=O)NCc3ccco3)c2)cc1. The van der Waals surface area contributed by atoms with Crippen molar-refractivity contribution in [1.29, 1.82) is 0 Å². The highest BCUT2D eigenvalue weighted by Crippen LogP contribution is 2.14. The fraction of sp³-hybridized carbons (Fsp3) is 0.158. The summed E-state index contributed by atoms with van der Waals surface area (Å²) in [6, 6.07) is 14.9. The summed E-state index contributed by atoms with van der Waals surface area (Å²) in [5, 5.41) is 6.06.